The van der Waals surface area contributed by atoms with E-state index >= 15 is 0 Å². The zero-order chi connectivity index (χ0) is 17.5. The highest BCUT2D eigenvalue weighted by atomic mass is 16.5. The molecule has 1 amide bonds. The molecule has 1 aliphatic rings. The first-order valence-corrected chi connectivity index (χ1v) is 8.39. The molecular formula is C16H23N7O2. The molecule has 0 radical (unpaired) electrons. The summed E-state index contributed by atoms with van der Waals surface area (Å²) in [6.45, 7) is 2.61. The van der Waals surface area contributed by atoms with Crippen molar-refractivity contribution in [2.45, 2.75) is 38.8 Å². The maximum Gasteiger partial charge on any atom is 0.226 e. The van der Waals surface area contributed by atoms with Gasteiger partial charge in [0.15, 0.2) is 0 Å². The van der Waals surface area contributed by atoms with Gasteiger partial charge in [0.25, 0.3) is 0 Å². The minimum absolute atomic E-state index is 0.0255. The molecule has 0 unspecified atom stereocenters. The standard InChI is InChI=1S/C16H23N7O2/c1-11-5-2-3-6-12(11)16-18-15(25-21-16)8-4-7-14(24)17-10-9-13-19-22-23-20-13/h2-3,5-6,13,19-20,22-23H,4,7-10H2,1H3,(H,17,24). The van der Waals surface area contributed by atoms with Crippen molar-refractivity contribution in [2.24, 2.45) is 0 Å². The number of aromatic nitrogens is 2. The van der Waals surface area contributed by atoms with Crippen LogP contribution in [0.15, 0.2) is 28.8 Å². The summed E-state index contributed by atoms with van der Waals surface area (Å²) in [4.78, 5) is 16.2. The van der Waals surface area contributed by atoms with Gasteiger partial charge in [0.05, 0.1) is 6.17 Å². The van der Waals surface area contributed by atoms with Crippen LogP contribution < -0.4 is 27.2 Å². The summed E-state index contributed by atoms with van der Waals surface area (Å²) in [5, 5.41) is 6.92. The van der Waals surface area contributed by atoms with E-state index in [0.29, 0.717) is 37.5 Å². The van der Waals surface area contributed by atoms with Gasteiger partial charge < -0.3 is 9.84 Å². The molecule has 0 bridgehead atoms. The van der Waals surface area contributed by atoms with E-state index < -0.39 is 0 Å². The normalized spacial score (nSPS) is 14.8. The van der Waals surface area contributed by atoms with Crippen molar-refractivity contribution < 1.29 is 9.32 Å². The van der Waals surface area contributed by atoms with Gasteiger partial charge in [-0.1, -0.05) is 29.4 Å². The van der Waals surface area contributed by atoms with Crippen LogP contribution in [0.25, 0.3) is 11.4 Å². The summed E-state index contributed by atoms with van der Waals surface area (Å²) in [5.41, 5.74) is 13.5. The Labute approximate surface area is 145 Å². The van der Waals surface area contributed by atoms with Crippen LogP contribution in [0, 0.1) is 6.92 Å². The van der Waals surface area contributed by atoms with Gasteiger partial charge in [0.2, 0.25) is 17.6 Å². The number of hydrogen-bond donors (Lipinski definition) is 5. The number of rotatable bonds is 8. The number of carbonyl (C=O) groups excluding carboxylic acids is 1. The molecule has 0 saturated carbocycles. The lowest BCUT2D eigenvalue weighted by Gasteiger charge is -2.09. The van der Waals surface area contributed by atoms with Crippen LogP contribution >= 0.6 is 0 Å². The van der Waals surface area contributed by atoms with Gasteiger partial charge in [-0.05, 0) is 25.3 Å². The highest BCUT2D eigenvalue weighted by molar-refractivity contribution is 5.75. The zero-order valence-electron chi connectivity index (χ0n) is 14.1. The van der Waals surface area contributed by atoms with Crippen LogP contribution in [0.1, 0.15) is 30.7 Å². The van der Waals surface area contributed by atoms with Crippen molar-refractivity contribution in [2.75, 3.05) is 6.54 Å². The molecule has 0 aliphatic carbocycles. The fourth-order valence-electron chi connectivity index (χ4n) is 2.56. The molecule has 2 aromatic rings. The molecule has 134 valence electrons. The lowest BCUT2D eigenvalue weighted by Crippen LogP contribution is -2.37. The fourth-order valence-corrected chi connectivity index (χ4v) is 2.56. The molecule has 1 saturated heterocycles. The first-order chi connectivity index (χ1) is 12.2. The van der Waals surface area contributed by atoms with E-state index in [4.69, 9.17) is 4.52 Å². The summed E-state index contributed by atoms with van der Waals surface area (Å²) < 4.78 is 5.28. The number of hydrogen-bond acceptors (Lipinski definition) is 8. The average Bonchev–Trinajstić information content (AvgIpc) is 3.27. The Kier molecular flexibility index (Phi) is 6.07. The van der Waals surface area contributed by atoms with Crippen LogP contribution in [0.2, 0.25) is 0 Å². The van der Waals surface area contributed by atoms with E-state index in [1.165, 1.54) is 0 Å². The molecule has 1 fully saturated rings. The summed E-state index contributed by atoms with van der Waals surface area (Å²) in [6.07, 6.45) is 2.56. The number of nitrogens with one attached hydrogen (secondary N) is 5. The number of benzene rings is 1. The van der Waals surface area contributed by atoms with Crippen molar-refractivity contribution in [3.05, 3.63) is 35.7 Å². The highest BCUT2D eigenvalue weighted by Gasteiger charge is 2.13. The zero-order valence-corrected chi connectivity index (χ0v) is 14.1. The number of amides is 1. The minimum atomic E-state index is 0.0255. The van der Waals surface area contributed by atoms with E-state index in [9.17, 15) is 4.79 Å². The van der Waals surface area contributed by atoms with Gasteiger partial charge in [0, 0.05) is 24.9 Å². The Bertz CT molecular complexity index is 697. The molecule has 1 aliphatic heterocycles. The molecule has 1 aromatic heterocycles. The number of carbonyl (C=O) groups is 1. The van der Waals surface area contributed by atoms with Crippen LogP contribution in [0.3, 0.4) is 0 Å². The van der Waals surface area contributed by atoms with E-state index in [0.717, 1.165) is 17.5 Å². The Hall–Kier alpha value is -2.33. The third-order valence-corrected chi connectivity index (χ3v) is 3.96. The van der Waals surface area contributed by atoms with Crippen molar-refractivity contribution in [3.8, 4) is 11.4 Å². The maximum atomic E-state index is 11.8. The monoisotopic (exact) mass is 345 g/mol. The minimum Gasteiger partial charge on any atom is -0.356 e. The number of nitrogens with zero attached hydrogens (tertiary/aromatic N) is 2. The van der Waals surface area contributed by atoms with Crippen molar-refractivity contribution in [1.82, 2.24) is 37.4 Å². The topological polar surface area (TPSA) is 116 Å². The van der Waals surface area contributed by atoms with Crippen molar-refractivity contribution in [1.29, 1.82) is 0 Å². The van der Waals surface area contributed by atoms with Gasteiger partial charge in [0.1, 0.15) is 0 Å². The summed E-state index contributed by atoms with van der Waals surface area (Å²) in [7, 11) is 0. The van der Waals surface area contributed by atoms with E-state index in [1.54, 1.807) is 0 Å². The van der Waals surface area contributed by atoms with Gasteiger partial charge in [-0.15, -0.1) is 0 Å². The van der Waals surface area contributed by atoms with Crippen LogP contribution in [0.4, 0.5) is 0 Å². The van der Waals surface area contributed by atoms with Crippen molar-refractivity contribution >= 4 is 5.91 Å². The molecule has 9 nitrogen and oxygen atoms in total. The molecule has 3 rings (SSSR count). The molecule has 0 atom stereocenters. The predicted octanol–water partition coefficient (Wildman–Crippen LogP) is 0.317. The first-order valence-electron chi connectivity index (χ1n) is 8.39. The molecule has 25 heavy (non-hydrogen) atoms. The van der Waals surface area contributed by atoms with E-state index in [-0.39, 0.29) is 12.1 Å². The molecular weight excluding hydrogens is 322 g/mol. The van der Waals surface area contributed by atoms with E-state index in [2.05, 4.69) is 37.4 Å². The first kappa shape index (κ1) is 17.5. The van der Waals surface area contributed by atoms with Crippen molar-refractivity contribution in [3.63, 3.8) is 0 Å². The van der Waals surface area contributed by atoms with Gasteiger partial charge >= 0.3 is 0 Å². The maximum absolute atomic E-state index is 11.8. The Balaban J connectivity index is 1.37. The summed E-state index contributed by atoms with van der Waals surface area (Å²) >= 11 is 0. The molecule has 1 aromatic carbocycles. The lowest BCUT2D eigenvalue weighted by molar-refractivity contribution is -0.121. The predicted molar refractivity (Wildman–Crippen MR) is 91.4 cm³/mol. The third kappa shape index (κ3) is 5.07. The van der Waals surface area contributed by atoms with Gasteiger partial charge in [-0.3, -0.25) is 4.79 Å². The second kappa shape index (κ2) is 8.67. The van der Waals surface area contributed by atoms with Crippen LogP contribution in [-0.4, -0.2) is 28.8 Å². The van der Waals surface area contributed by atoms with Gasteiger partial charge in [-0.25, -0.2) is 10.9 Å². The van der Waals surface area contributed by atoms with Crippen LogP contribution in [-0.2, 0) is 11.2 Å². The molecule has 5 N–H and O–H groups in total. The smallest absolute Gasteiger partial charge is 0.226 e. The average molecular weight is 345 g/mol. The largest absolute Gasteiger partial charge is 0.356 e. The third-order valence-electron chi connectivity index (χ3n) is 3.96. The Morgan fingerprint density at radius 3 is 2.88 bits per heavy atom. The van der Waals surface area contributed by atoms with Gasteiger partial charge in [-0.2, -0.15) is 16.1 Å². The number of aryl methyl sites for hydroxylation is 2. The van der Waals surface area contributed by atoms with E-state index in [1.807, 2.05) is 31.2 Å². The van der Waals surface area contributed by atoms with Crippen LogP contribution in [0.5, 0.6) is 0 Å². The number of hydrazine groups is 3. The Morgan fingerprint density at radius 2 is 2.08 bits per heavy atom. The summed E-state index contributed by atoms with van der Waals surface area (Å²) in [5.74, 6) is 1.18. The fraction of sp³-hybridized carbons (Fsp3) is 0.438. The molecule has 9 heteroatoms. The molecule has 2 heterocycles. The second-order valence-corrected chi connectivity index (χ2v) is 5.91. The highest BCUT2D eigenvalue weighted by Crippen LogP contribution is 2.20. The lowest BCUT2D eigenvalue weighted by atomic mass is 10.1. The quantitative estimate of drug-likeness (QED) is 0.464. The summed E-state index contributed by atoms with van der Waals surface area (Å²) in [6, 6.07) is 7.91. The second-order valence-electron chi connectivity index (χ2n) is 5.91. The molecule has 0 spiro atoms. The SMILES string of the molecule is Cc1ccccc1-c1noc(CCCC(=O)NCCC2NNNN2)n1. The Morgan fingerprint density at radius 1 is 1.28 bits per heavy atom.